The van der Waals surface area contributed by atoms with E-state index in [9.17, 15) is 14.4 Å². The number of benzene rings is 3. The molecule has 0 saturated carbocycles. The second-order valence-corrected chi connectivity index (χ2v) is 8.10. The van der Waals surface area contributed by atoms with Gasteiger partial charge in [-0.1, -0.05) is 42.5 Å². The Morgan fingerprint density at radius 3 is 2.35 bits per heavy atom. The number of methoxy groups -OCH3 is 2. The molecule has 2 amide bonds. The lowest BCUT2D eigenvalue weighted by Gasteiger charge is -2.08. The van der Waals surface area contributed by atoms with Gasteiger partial charge >= 0.3 is 5.97 Å². The fourth-order valence-corrected chi connectivity index (χ4v) is 3.65. The molecule has 9 nitrogen and oxygen atoms in total. The number of anilines is 1. The first kappa shape index (κ1) is 25.2. The molecule has 1 heterocycles. The number of ether oxygens (including phenoxy) is 2. The van der Waals surface area contributed by atoms with Crippen LogP contribution in [0.5, 0.6) is 5.75 Å². The fraction of sp³-hybridized carbons (Fsp3) is 0.143. The number of rotatable bonds is 9. The van der Waals surface area contributed by atoms with E-state index in [4.69, 9.17) is 9.84 Å². The van der Waals surface area contributed by atoms with E-state index < -0.39 is 11.9 Å². The van der Waals surface area contributed by atoms with Crippen LogP contribution in [0.2, 0.25) is 0 Å². The van der Waals surface area contributed by atoms with Crippen LogP contribution in [-0.2, 0) is 16.1 Å². The van der Waals surface area contributed by atoms with Crippen LogP contribution in [0.25, 0.3) is 11.3 Å². The molecule has 0 unspecified atom stereocenters. The Morgan fingerprint density at radius 2 is 1.65 bits per heavy atom. The molecule has 0 aliphatic heterocycles. The van der Waals surface area contributed by atoms with E-state index in [0.29, 0.717) is 34.8 Å². The van der Waals surface area contributed by atoms with Gasteiger partial charge in [-0.15, -0.1) is 0 Å². The van der Waals surface area contributed by atoms with Crippen LogP contribution in [0.3, 0.4) is 0 Å². The maximum Gasteiger partial charge on any atom is 0.325 e. The zero-order chi connectivity index (χ0) is 26.2. The summed E-state index contributed by atoms with van der Waals surface area (Å²) in [7, 11) is 2.83. The molecule has 9 heteroatoms. The van der Waals surface area contributed by atoms with Gasteiger partial charge in [-0.05, 0) is 42.0 Å². The summed E-state index contributed by atoms with van der Waals surface area (Å²) in [6.07, 6.45) is 1.71. The van der Waals surface area contributed by atoms with Crippen molar-refractivity contribution in [2.75, 3.05) is 26.1 Å². The molecule has 2 N–H and O–H groups in total. The first-order valence-electron chi connectivity index (χ1n) is 11.5. The monoisotopic (exact) mass is 498 g/mol. The lowest BCUT2D eigenvalue weighted by atomic mass is 10.1. The molecule has 4 aromatic rings. The standard InChI is InChI=1S/C28H26N4O5/c1-36-23-10-6-9-21(15-23)26-24(18-32(31-26)17-19-7-4-3-5-8-19)28(35)30-22-13-11-20(12-14-22)27(34)29-16-25(33)37-2/h3-15,18H,16-17H2,1-2H3,(H,29,34)(H,30,35). The number of hydrogen-bond donors (Lipinski definition) is 2. The Hall–Kier alpha value is -4.92. The molecular weight excluding hydrogens is 472 g/mol. The highest BCUT2D eigenvalue weighted by atomic mass is 16.5. The summed E-state index contributed by atoms with van der Waals surface area (Å²) in [6.45, 7) is 0.272. The summed E-state index contributed by atoms with van der Waals surface area (Å²) in [5.74, 6) is -0.662. The van der Waals surface area contributed by atoms with Gasteiger partial charge in [0.15, 0.2) is 0 Å². The van der Waals surface area contributed by atoms with E-state index in [1.54, 1.807) is 42.3 Å². The van der Waals surface area contributed by atoms with Crippen LogP contribution in [0.1, 0.15) is 26.3 Å². The number of nitrogens with one attached hydrogen (secondary N) is 2. The van der Waals surface area contributed by atoms with Crippen molar-refractivity contribution in [2.24, 2.45) is 0 Å². The quantitative estimate of drug-likeness (QED) is 0.340. The van der Waals surface area contributed by atoms with E-state index in [1.807, 2.05) is 54.6 Å². The predicted octanol–water partition coefficient (Wildman–Crippen LogP) is 3.76. The number of carbonyl (C=O) groups excluding carboxylic acids is 3. The van der Waals surface area contributed by atoms with E-state index in [1.165, 1.54) is 7.11 Å². The van der Waals surface area contributed by atoms with Crippen molar-refractivity contribution >= 4 is 23.5 Å². The minimum Gasteiger partial charge on any atom is -0.497 e. The van der Waals surface area contributed by atoms with E-state index in [2.05, 4.69) is 15.4 Å². The van der Waals surface area contributed by atoms with Gasteiger partial charge < -0.3 is 20.1 Å². The fourth-order valence-electron chi connectivity index (χ4n) is 3.65. The van der Waals surface area contributed by atoms with Gasteiger partial charge in [0.05, 0.1) is 26.3 Å². The summed E-state index contributed by atoms with van der Waals surface area (Å²) in [6, 6.07) is 23.6. The predicted molar refractivity (Wildman–Crippen MR) is 139 cm³/mol. The lowest BCUT2D eigenvalue weighted by molar-refractivity contribution is -0.139. The average molecular weight is 499 g/mol. The smallest absolute Gasteiger partial charge is 0.325 e. The van der Waals surface area contributed by atoms with Gasteiger partial charge in [0.1, 0.15) is 18.0 Å². The summed E-state index contributed by atoms with van der Waals surface area (Å²) >= 11 is 0. The van der Waals surface area contributed by atoms with Crippen LogP contribution in [0, 0.1) is 0 Å². The Labute approximate surface area is 214 Å². The van der Waals surface area contributed by atoms with Crippen LogP contribution in [0.15, 0.2) is 85.1 Å². The van der Waals surface area contributed by atoms with Crippen LogP contribution >= 0.6 is 0 Å². The van der Waals surface area contributed by atoms with Gasteiger partial charge in [0, 0.05) is 23.0 Å². The molecule has 0 bridgehead atoms. The molecule has 3 aromatic carbocycles. The molecule has 37 heavy (non-hydrogen) atoms. The zero-order valence-electron chi connectivity index (χ0n) is 20.4. The van der Waals surface area contributed by atoms with Crippen LogP contribution in [-0.4, -0.2) is 48.3 Å². The molecule has 0 saturated heterocycles. The molecule has 0 spiro atoms. The Bertz CT molecular complexity index is 1400. The highest BCUT2D eigenvalue weighted by Crippen LogP contribution is 2.27. The number of hydrogen-bond acceptors (Lipinski definition) is 6. The van der Waals surface area contributed by atoms with Gasteiger partial charge in [-0.2, -0.15) is 5.10 Å². The third-order valence-corrected chi connectivity index (χ3v) is 5.56. The summed E-state index contributed by atoms with van der Waals surface area (Å²) in [5, 5.41) is 10.0. The van der Waals surface area contributed by atoms with Gasteiger partial charge in [-0.3, -0.25) is 19.1 Å². The number of amides is 2. The number of esters is 1. The summed E-state index contributed by atoms with van der Waals surface area (Å²) < 4.78 is 11.6. The number of aromatic nitrogens is 2. The Morgan fingerprint density at radius 1 is 0.892 bits per heavy atom. The van der Waals surface area contributed by atoms with Crippen molar-refractivity contribution in [1.82, 2.24) is 15.1 Å². The van der Waals surface area contributed by atoms with Crippen molar-refractivity contribution in [3.63, 3.8) is 0 Å². The van der Waals surface area contributed by atoms with E-state index in [0.717, 1.165) is 11.1 Å². The zero-order valence-corrected chi connectivity index (χ0v) is 20.4. The molecule has 188 valence electrons. The van der Waals surface area contributed by atoms with Gasteiger partial charge in [0.25, 0.3) is 11.8 Å². The van der Waals surface area contributed by atoms with Gasteiger partial charge in [-0.25, -0.2) is 0 Å². The second kappa shape index (κ2) is 11.7. The minimum absolute atomic E-state index is 0.228. The molecule has 0 aliphatic rings. The Balaban J connectivity index is 1.56. The maximum absolute atomic E-state index is 13.3. The third-order valence-electron chi connectivity index (χ3n) is 5.56. The van der Waals surface area contributed by atoms with Crippen molar-refractivity contribution in [1.29, 1.82) is 0 Å². The minimum atomic E-state index is -0.545. The normalized spacial score (nSPS) is 10.4. The van der Waals surface area contributed by atoms with Crippen molar-refractivity contribution < 1.29 is 23.9 Å². The summed E-state index contributed by atoms with van der Waals surface area (Å²) in [5.41, 5.74) is 3.55. The van der Waals surface area contributed by atoms with Crippen molar-refractivity contribution in [3.8, 4) is 17.0 Å². The highest BCUT2D eigenvalue weighted by Gasteiger charge is 2.19. The lowest BCUT2D eigenvalue weighted by Crippen LogP contribution is -2.30. The molecule has 4 rings (SSSR count). The first-order chi connectivity index (χ1) is 18.0. The second-order valence-electron chi connectivity index (χ2n) is 8.10. The molecule has 0 atom stereocenters. The molecule has 0 aliphatic carbocycles. The van der Waals surface area contributed by atoms with E-state index >= 15 is 0 Å². The molecule has 0 fully saturated rings. The first-order valence-corrected chi connectivity index (χ1v) is 11.5. The Kier molecular flexibility index (Phi) is 7.95. The summed E-state index contributed by atoms with van der Waals surface area (Å²) in [4.78, 5) is 36.8. The average Bonchev–Trinajstić information content (AvgIpc) is 3.36. The number of carbonyl (C=O) groups is 3. The van der Waals surface area contributed by atoms with Crippen molar-refractivity contribution in [3.05, 3.63) is 102 Å². The van der Waals surface area contributed by atoms with Crippen LogP contribution in [0.4, 0.5) is 5.69 Å². The largest absolute Gasteiger partial charge is 0.497 e. The molecule has 0 radical (unpaired) electrons. The van der Waals surface area contributed by atoms with Gasteiger partial charge in [0.2, 0.25) is 0 Å². The highest BCUT2D eigenvalue weighted by molar-refractivity contribution is 6.08. The number of nitrogens with zero attached hydrogens (tertiary/aromatic N) is 2. The molecule has 1 aromatic heterocycles. The van der Waals surface area contributed by atoms with Crippen LogP contribution < -0.4 is 15.4 Å². The third kappa shape index (κ3) is 6.40. The SMILES string of the molecule is COC(=O)CNC(=O)c1ccc(NC(=O)c2cn(Cc3ccccc3)nc2-c2cccc(OC)c2)cc1. The molecular formula is C28H26N4O5. The van der Waals surface area contributed by atoms with E-state index in [-0.39, 0.29) is 12.5 Å². The maximum atomic E-state index is 13.3. The van der Waals surface area contributed by atoms with Crippen molar-refractivity contribution in [2.45, 2.75) is 6.54 Å². The topological polar surface area (TPSA) is 112 Å².